The smallest absolute Gasteiger partial charge is 0.418 e. The molecule has 1 N–H and O–H groups in total. The lowest BCUT2D eigenvalue weighted by Crippen LogP contribution is -2.52. The zero-order valence-electron chi connectivity index (χ0n) is 17.7. The number of para-hydroxylation sites is 1. The molecule has 2 aromatic carbocycles. The van der Waals surface area contributed by atoms with E-state index in [9.17, 15) is 22.8 Å². The van der Waals surface area contributed by atoms with Gasteiger partial charge in [0.05, 0.1) is 23.7 Å². The largest absolute Gasteiger partial charge is 0.492 e. The molecule has 0 spiro atoms. The van der Waals surface area contributed by atoms with E-state index < -0.39 is 17.6 Å². The molecule has 4 rings (SSSR count). The third kappa shape index (κ3) is 5.59. The Kier molecular flexibility index (Phi) is 6.81. The van der Waals surface area contributed by atoms with Crippen molar-refractivity contribution in [1.82, 2.24) is 9.80 Å². The molecule has 2 heterocycles. The second-order valence-corrected chi connectivity index (χ2v) is 8.59. The molecule has 1 atom stereocenters. The summed E-state index contributed by atoms with van der Waals surface area (Å²) in [5, 5.41) is 2.95. The van der Waals surface area contributed by atoms with Crippen LogP contribution in [0.4, 0.5) is 18.9 Å². The predicted octanol–water partition coefficient (Wildman–Crippen LogP) is 3.69. The van der Waals surface area contributed by atoms with Crippen molar-refractivity contribution >= 4 is 29.1 Å². The lowest BCUT2D eigenvalue weighted by atomic mass is 9.95. The van der Waals surface area contributed by atoms with Crippen LogP contribution in [0.3, 0.4) is 0 Å². The molecule has 0 aliphatic carbocycles. The molecule has 2 amide bonds. The van der Waals surface area contributed by atoms with E-state index in [1.54, 1.807) is 17.0 Å². The summed E-state index contributed by atoms with van der Waals surface area (Å²) in [6.07, 6.45) is -4.00. The number of ether oxygens (including phenoxy) is 1. The van der Waals surface area contributed by atoms with Crippen molar-refractivity contribution in [3.05, 3.63) is 58.6 Å². The Labute approximate surface area is 194 Å². The van der Waals surface area contributed by atoms with Crippen molar-refractivity contribution in [2.24, 2.45) is 5.92 Å². The van der Waals surface area contributed by atoms with Crippen molar-refractivity contribution in [2.45, 2.75) is 12.6 Å². The van der Waals surface area contributed by atoms with Gasteiger partial charge < -0.3 is 15.0 Å². The quantitative estimate of drug-likeness (QED) is 0.723. The SMILES string of the molecule is O=C(CN1CCN(C(=O)C2COc3ccc(Cl)cc3C2)CC1)Nc1ccccc1C(F)(F)F. The van der Waals surface area contributed by atoms with Crippen LogP contribution in [0.15, 0.2) is 42.5 Å². The molecule has 176 valence electrons. The van der Waals surface area contributed by atoms with E-state index in [4.69, 9.17) is 16.3 Å². The van der Waals surface area contributed by atoms with Gasteiger partial charge in [0.2, 0.25) is 11.8 Å². The Morgan fingerprint density at radius 1 is 1.09 bits per heavy atom. The average Bonchev–Trinajstić information content (AvgIpc) is 2.78. The molecule has 10 heteroatoms. The fourth-order valence-electron chi connectivity index (χ4n) is 4.14. The number of anilines is 1. The molecule has 1 saturated heterocycles. The van der Waals surface area contributed by atoms with E-state index in [1.807, 2.05) is 11.0 Å². The topological polar surface area (TPSA) is 61.9 Å². The first-order chi connectivity index (χ1) is 15.7. The van der Waals surface area contributed by atoms with Crippen molar-refractivity contribution in [3.8, 4) is 5.75 Å². The molecule has 0 aromatic heterocycles. The molecule has 2 aromatic rings. The van der Waals surface area contributed by atoms with E-state index >= 15 is 0 Å². The molecule has 1 unspecified atom stereocenters. The molecule has 0 radical (unpaired) electrons. The van der Waals surface area contributed by atoms with Crippen LogP contribution in [0.1, 0.15) is 11.1 Å². The Hall–Kier alpha value is -2.78. The number of halogens is 4. The van der Waals surface area contributed by atoms with Crippen molar-refractivity contribution in [3.63, 3.8) is 0 Å². The molecule has 0 bridgehead atoms. The average molecular weight is 482 g/mol. The maximum atomic E-state index is 13.1. The number of amides is 2. The minimum absolute atomic E-state index is 0.0103. The second-order valence-electron chi connectivity index (χ2n) is 8.16. The maximum absolute atomic E-state index is 13.1. The van der Waals surface area contributed by atoms with Crippen LogP contribution in [0.5, 0.6) is 5.75 Å². The summed E-state index contributed by atoms with van der Waals surface area (Å²) in [6, 6.07) is 10.2. The summed E-state index contributed by atoms with van der Waals surface area (Å²) in [6.45, 7) is 2.03. The Balaban J connectivity index is 1.28. The summed E-state index contributed by atoms with van der Waals surface area (Å²) in [5.41, 5.74) is -0.241. The summed E-state index contributed by atoms with van der Waals surface area (Å²) in [7, 11) is 0. The van der Waals surface area contributed by atoms with Gasteiger partial charge in [-0.2, -0.15) is 13.2 Å². The molecule has 2 aliphatic rings. The highest BCUT2D eigenvalue weighted by atomic mass is 35.5. The fraction of sp³-hybridized carbons (Fsp3) is 0.391. The van der Waals surface area contributed by atoms with Gasteiger partial charge in [0.15, 0.2) is 0 Å². The van der Waals surface area contributed by atoms with Gasteiger partial charge in [0.25, 0.3) is 0 Å². The van der Waals surface area contributed by atoms with Gasteiger partial charge in [0, 0.05) is 31.2 Å². The van der Waals surface area contributed by atoms with Crippen LogP contribution in [-0.4, -0.2) is 60.9 Å². The van der Waals surface area contributed by atoms with Gasteiger partial charge in [-0.3, -0.25) is 14.5 Å². The standard InChI is InChI=1S/C23H23ClF3N3O3/c24-17-5-6-20-15(12-17)11-16(14-33-20)22(32)30-9-7-29(8-10-30)13-21(31)28-19-4-2-1-3-18(19)23(25,26)27/h1-6,12,16H,7-11,13-14H2,(H,28,31). The number of carbonyl (C=O) groups is 2. The van der Waals surface area contributed by atoms with Gasteiger partial charge in [-0.05, 0) is 42.3 Å². The number of nitrogens with zero attached hydrogens (tertiary/aromatic N) is 2. The Morgan fingerprint density at radius 2 is 1.82 bits per heavy atom. The third-order valence-electron chi connectivity index (χ3n) is 5.84. The lowest BCUT2D eigenvalue weighted by Gasteiger charge is -2.37. The zero-order valence-corrected chi connectivity index (χ0v) is 18.5. The fourth-order valence-corrected chi connectivity index (χ4v) is 4.33. The van der Waals surface area contributed by atoms with Crippen LogP contribution < -0.4 is 10.1 Å². The maximum Gasteiger partial charge on any atom is 0.418 e. The predicted molar refractivity (Wildman–Crippen MR) is 117 cm³/mol. The molecular formula is C23H23ClF3N3O3. The van der Waals surface area contributed by atoms with Gasteiger partial charge in [-0.1, -0.05) is 23.7 Å². The second kappa shape index (κ2) is 9.61. The summed E-state index contributed by atoms with van der Waals surface area (Å²) >= 11 is 6.05. The van der Waals surface area contributed by atoms with Gasteiger partial charge in [-0.25, -0.2) is 0 Å². The van der Waals surface area contributed by atoms with E-state index in [2.05, 4.69) is 5.32 Å². The molecule has 2 aliphatic heterocycles. The Morgan fingerprint density at radius 3 is 2.55 bits per heavy atom. The first-order valence-corrected chi connectivity index (χ1v) is 11.0. The first kappa shape index (κ1) is 23.4. The number of alkyl halides is 3. The van der Waals surface area contributed by atoms with Crippen molar-refractivity contribution in [1.29, 1.82) is 0 Å². The highest BCUT2D eigenvalue weighted by Crippen LogP contribution is 2.34. The van der Waals surface area contributed by atoms with Gasteiger partial charge >= 0.3 is 6.18 Å². The van der Waals surface area contributed by atoms with E-state index in [-0.39, 0.29) is 24.1 Å². The monoisotopic (exact) mass is 481 g/mol. The summed E-state index contributed by atoms with van der Waals surface area (Å²) in [5.74, 6) is -0.0967. The van der Waals surface area contributed by atoms with Crippen LogP contribution in [0.2, 0.25) is 5.02 Å². The highest BCUT2D eigenvalue weighted by Gasteiger charge is 2.34. The van der Waals surface area contributed by atoms with Crippen LogP contribution in [0.25, 0.3) is 0 Å². The zero-order chi connectivity index (χ0) is 23.6. The number of rotatable bonds is 4. The molecule has 33 heavy (non-hydrogen) atoms. The molecule has 1 fully saturated rings. The summed E-state index contributed by atoms with van der Waals surface area (Å²) in [4.78, 5) is 28.9. The summed E-state index contributed by atoms with van der Waals surface area (Å²) < 4.78 is 45.1. The number of nitrogens with one attached hydrogen (secondary N) is 1. The van der Waals surface area contributed by atoms with Crippen LogP contribution in [-0.2, 0) is 22.2 Å². The van der Waals surface area contributed by atoms with Gasteiger partial charge in [0.1, 0.15) is 12.4 Å². The molecule has 0 saturated carbocycles. The van der Waals surface area contributed by atoms with E-state index in [0.717, 1.165) is 17.4 Å². The number of carbonyl (C=O) groups excluding carboxylic acids is 2. The van der Waals surface area contributed by atoms with Crippen molar-refractivity contribution in [2.75, 3.05) is 44.6 Å². The minimum atomic E-state index is -4.55. The lowest BCUT2D eigenvalue weighted by molar-refractivity contribution is -0.139. The Bertz CT molecular complexity index is 1040. The third-order valence-corrected chi connectivity index (χ3v) is 6.07. The van der Waals surface area contributed by atoms with Crippen LogP contribution >= 0.6 is 11.6 Å². The number of fused-ring (bicyclic) bond motifs is 1. The van der Waals surface area contributed by atoms with Crippen LogP contribution in [0, 0.1) is 5.92 Å². The minimum Gasteiger partial charge on any atom is -0.492 e. The van der Waals surface area contributed by atoms with E-state index in [0.29, 0.717) is 44.2 Å². The number of hydrogen-bond acceptors (Lipinski definition) is 4. The normalized spacial score (nSPS) is 18.9. The highest BCUT2D eigenvalue weighted by molar-refractivity contribution is 6.30. The first-order valence-electron chi connectivity index (χ1n) is 10.6. The van der Waals surface area contributed by atoms with E-state index in [1.165, 1.54) is 18.2 Å². The number of benzene rings is 2. The molecule has 6 nitrogen and oxygen atoms in total. The van der Waals surface area contributed by atoms with Gasteiger partial charge in [-0.15, -0.1) is 0 Å². The van der Waals surface area contributed by atoms with Crippen molar-refractivity contribution < 1.29 is 27.5 Å². The number of hydrogen-bond donors (Lipinski definition) is 1. The number of piperazine rings is 1. The molecular weight excluding hydrogens is 459 g/mol.